The van der Waals surface area contributed by atoms with Crippen LogP contribution in [0.25, 0.3) is 22.2 Å². The number of aromatic nitrogens is 2. The highest BCUT2D eigenvalue weighted by Gasteiger charge is 2.28. The summed E-state index contributed by atoms with van der Waals surface area (Å²) < 4.78 is 17.7. The number of pyridine rings is 2. The van der Waals surface area contributed by atoms with Crippen LogP contribution >= 0.6 is 0 Å². The lowest BCUT2D eigenvalue weighted by Gasteiger charge is -2.25. The fourth-order valence-corrected chi connectivity index (χ4v) is 4.66. The predicted molar refractivity (Wildman–Crippen MR) is 139 cm³/mol. The third-order valence-corrected chi connectivity index (χ3v) is 6.35. The number of fused-ring (bicyclic) bond motifs is 4. The monoisotopic (exact) mass is 496 g/mol. The van der Waals surface area contributed by atoms with Gasteiger partial charge in [0.25, 0.3) is 5.56 Å². The highest BCUT2D eigenvalue weighted by Crippen LogP contribution is 2.40. The highest BCUT2D eigenvalue weighted by molar-refractivity contribution is 6.01. The Bertz CT molecular complexity index is 1640. The van der Waals surface area contributed by atoms with E-state index in [1.165, 1.54) is 13.2 Å². The first kappa shape index (κ1) is 23.9. The van der Waals surface area contributed by atoms with E-state index in [9.17, 15) is 14.9 Å². The van der Waals surface area contributed by atoms with Crippen molar-refractivity contribution in [3.8, 4) is 28.8 Å². The van der Waals surface area contributed by atoms with E-state index in [-0.39, 0.29) is 40.0 Å². The number of para-hydroxylation sites is 1. The number of methoxy groups -OCH3 is 2. The molecule has 0 fully saturated rings. The molecule has 9 nitrogen and oxygen atoms in total. The maximum absolute atomic E-state index is 13.7. The minimum atomic E-state index is -0.613. The molecule has 4 aromatic rings. The standard InChI is InChI=1S/C28H24N4O5/c1-4-37-28(34)20-13-19-24(31-26(20)30-17-8-6-5-7-9-17)21(15-29)25-18-14-23(36-3)22(35-2)12-16(18)10-11-32(25)27(19)33/h5-9,12-14H,4,10-11H2,1-3H3,(H,30,31). The first-order chi connectivity index (χ1) is 18.0. The van der Waals surface area contributed by atoms with Crippen LogP contribution in [0, 0.1) is 11.3 Å². The van der Waals surface area contributed by atoms with Gasteiger partial charge in [0.05, 0.1) is 37.4 Å². The number of hydrogen-bond acceptors (Lipinski definition) is 8. The van der Waals surface area contributed by atoms with Gasteiger partial charge in [-0.05, 0) is 49.2 Å². The summed E-state index contributed by atoms with van der Waals surface area (Å²) in [5.41, 5.74) is 2.99. The molecule has 0 radical (unpaired) electrons. The number of carbonyl (C=O) groups excluding carboxylic acids is 1. The maximum Gasteiger partial charge on any atom is 0.341 e. The number of nitrogens with one attached hydrogen (secondary N) is 1. The van der Waals surface area contributed by atoms with Crippen molar-refractivity contribution in [2.75, 3.05) is 26.1 Å². The van der Waals surface area contributed by atoms with Gasteiger partial charge in [0.2, 0.25) is 0 Å². The van der Waals surface area contributed by atoms with Gasteiger partial charge in [-0.3, -0.25) is 4.79 Å². The first-order valence-electron chi connectivity index (χ1n) is 11.8. The first-order valence-corrected chi connectivity index (χ1v) is 11.8. The van der Waals surface area contributed by atoms with Gasteiger partial charge in [-0.1, -0.05) is 18.2 Å². The number of benzene rings is 2. The summed E-state index contributed by atoms with van der Waals surface area (Å²) in [6.07, 6.45) is 0.560. The second-order valence-electron chi connectivity index (χ2n) is 8.40. The Labute approximate surface area is 212 Å². The average molecular weight is 497 g/mol. The van der Waals surface area contributed by atoms with Crippen molar-refractivity contribution in [1.29, 1.82) is 5.26 Å². The number of hydrogen-bond donors (Lipinski definition) is 1. The molecule has 0 aliphatic carbocycles. The van der Waals surface area contributed by atoms with Gasteiger partial charge in [0.15, 0.2) is 11.5 Å². The summed E-state index contributed by atoms with van der Waals surface area (Å²) in [7, 11) is 3.10. The Morgan fingerprint density at radius 3 is 2.54 bits per heavy atom. The largest absolute Gasteiger partial charge is 0.493 e. The molecule has 3 heterocycles. The van der Waals surface area contributed by atoms with Crippen molar-refractivity contribution in [1.82, 2.24) is 9.55 Å². The Morgan fingerprint density at radius 1 is 1.14 bits per heavy atom. The number of nitriles is 1. The predicted octanol–water partition coefficient (Wildman–Crippen LogP) is 4.43. The number of nitrogens with zero attached hydrogens (tertiary/aromatic N) is 3. The number of ether oxygens (including phenoxy) is 3. The van der Waals surface area contributed by atoms with Crippen molar-refractivity contribution in [3.05, 3.63) is 75.6 Å². The molecule has 0 saturated carbocycles. The van der Waals surface area contributed by atoms with E-state index in [0.29, 0.717) is 41.4 Å². The van der Waals surface area contributed by atoms with Gasteiger partial charge in [-0.15, -0.1) is 0 Å². The van der Waals surface area contributed by atoms with Crippen molar-refractivity contribution < 1.29 is 19.0 Å². The molecule has 0 saturated heterocycles. The summed E-state index contributed by atoms with van der Waals surface area (Å²) in [6, 6.07) is 16.6. The van der Waals surface area contributed by atoms with E-state index in [2.05, 4.69) is 16.4 Å². The highest BCUT2D eigenvalue weighted by atomic mass is 16.5. The van der Waals surface area contributed by atoms with E-state index in [1.54, 1.807) is 24.7 Å². The summed E-state index contributed by atoms with van der Waals surface area (Å²) in [5, 5.41) is 13.6. The number of anilines is 2. The zero-order chi connectivity index (χ0) is 26.1. The Hall–Kier alpha value is -4.84. The van der Waals surface area contributed by atoms with Gasteiger partial charge in [0.1, 0.15) is 23.0 Å². The molecule has 0 bridgehead atoms. The van der Waals surface area contributed by atoms with E-state index < -0.39 is 5.97 Å². The lowest BCUT2D eigenvalue weighted by molar-refractivity contribution is 0.0527. The molecule has 1 N–H and O–H groups in total. The minimum absolute atomic E-state index is 0.113. The summed E-state index contributed by atoms with van der Waals surface area (Å²) in [4.78, 5) is 31.2. The van der Waals surface area contributed by atoms with E-state index in [0.717, 1.165) is 5.56 Å². The second kappa shape index (κ2) is 9.66. The van der Waals surface area contributed by atoms with Gasteiger partial charge >= 0.3 is 5.97 Å². The molecule has 1 aliphatic heterocycles. The molecule has 0 unspecified atom stereocenters. The molecule has 0 atom stereocenters. The van der Waals surface area contributed by atoms with Crippen molar-refractivity contribution in [2.24, 2.45) is 0 Å². The Morgan fingerprint density at radius 2 is 1.86 bits per heavy atom. The number of esters is 1. The second-order valence-corrected chi connectivity index (χ2v) is 8.40. The maximum atomic E-state index is 13.7. The number of rotatable bonds is 6. The van der Waals surface area contributed by atoms with Crippen LogP contribution in [0.3, 0.4) is 0 Å². The Balaban J connectivity index is 1.82. The zero-order valence-corrected chi connectivity index (χ0v) is 20.6. The quantitative estimate of drug-likeness (QED) is 0.390. The molecule has 0 spiro atoms. The Kier molecular flexibility index (Phi) is 6.24. The molecular weight excluding hydrogens is 472 g/mol. The fourth-order valence-electron chi connectivity index (χ4n) is 4.66. The third-order valence-electron chi connectivity index (χ3n) is 6.35. The molecule has 37 heavy (non-hydrogen) atoms. The van der Waals surface area contributed by atoms with Crippen LogP contribution in [-0.2, 0) is 17.7 Å². The molecule has 1 aliphatic rings. The molecule has 186 valence electrons. The summed E-state index contributed by atoms with van der Waals surface area (Å²) in [6.45, 7) is 2.23. The van der Waals surface area contributed by atoms with Crippen LogP contribution in [0.4, 0.5) is 11.5 Å². The van der Waals surface area contributed by atoms with Gasteiger partial charge in [-0.25, -0.2) is 9.78 Å². The minimum Gasteiger partial charge on any atom is -0.493 e. The summed E-state index contributed by atoms with van der Waals surface area (Å²) in [5.74, 6) is 0.644. The molecule has 5 rings (SSSR count). The SMILES string of the molecule is CCOC(=O)c1cc2c(=O)n3c(c(C#N)c2nc1Nc1ccccc1)-c1cc(OC)c(OC)cc1CC3. The topological polar surface area (TPSA) is 115 Å². The summed E-state index contributed by atoms with van der Waals surface area (Å²) >= 11 is 0. The van der Waals surface area contributed by atoms with Crippen LogP contribution in [0.2, 0.25) is 0 Å². The normalized spacial score (nSPS) is 11.7. The molecule has 0 amide bonds. The van der Waals surface area contributed by atoms with Gasteiger partial charge in [-0.2, -0.15) is 5.26 Å². The van der Waals surface area contributed by atoms with Crippen LogP contribution in [0.1, 0.15) is 28.4 Å². The smallest absolute Gasteiger partial charge is 0.341 e. The number of aryl methyl sites for hydroxylation is 1. The van der Waals surface area contributed by atoms with Crippen LogP contribution in [0.15, 0.2) is 53.3 Å². The van der Waals surface area contributed by atoms with E-state index >= 15 is 0 Å². The van der Waals surface area contributed by atoms with E-state index in [4.69, 9.17) is 14.2 Å². The van der Waals surface area contributed by atoms with Crippen molar-refractivity contribution >= 4 is 28.4 Å². The average Bonchev–Trinajstić information content (AvgIpc) is 2.92. The van der Waals surface area contributed by atoms with E-state index in [1.807, 2.05) is 36.4 Å². The molecule has 9 heteroatoms. The fraction of sp³-hybridized carbons (Fsp3) is 0.214. The lowest BCUT2D eigenvalue weighted by atomic mass is 9.92. The van der Waals surface area contributed by atoms with Crippen molar-refractivity contribution in [2.45, 2.75) is 19.9 Å². The van der Waals surface area contributed by atoms with Crippen LogP contribution in [-0.4, -0.2) is 36.3 Å². The zero-order valence-electron chi connectivity index (χ0n) is 20.6. The number of carbonyl (C=O) groups is 1. The lowest BCUT2D eigenvalue weighted by Crippen LogP contribution is -2.28. The molecule has 2 aromatic heterocycles. The van der Waals surface area contributed by atoms with Gasteiger partial charge in [0, 0.05) is 17.8 Å². The van der Waals surface area contributed by atoms with Crippen LogP contribution in [0.5, 0.6) is 11.5 Å². The van der Waals surface area contributed by atoms with Crippen LogP contribution < -0.4 is 20.3 Å². The molecular formula is C28H24N4O5. The van der Waals surface area contributed by atoms with Gasteiger partial charge < -0.3 is 24.1 Å². The molecule has 2 aromatic carbocycles. The third kappa shape index (κ3) is 4.02. The van der Waals surface area contributed by atoms with Crippen molar-refractivity contribution in [3.63, 3.8) is 0 Å².